The average Bonchev–Trinajstić information content (AvgIpc) is 2.81. The van der Waals surface area contributed by atoms with E-state index in [2.05, 4.69) is 5.32 Å². The molecule has 0 bridgehead atoms. The molecule has 2 rings (SSSR count). The van der Waals surface area contributed by atoms with Gasteiger partial charge in [0.15, 0.2) is 0 Å². The second kappa shape index (κ2) is 5.19. The highest BCUT2D eigenvalue weighted by atomic mass is 16.5. The Balaban J connectivity index is 2.00. The Hall–Kier alpha value is -0.690. The number of nitrogens with one attached hydrogen (secondary N) is 1. The van der Waals surface area contributed by atoms with Crippen molar-refractivity contribution in [2.75, 3.05) is 33.8 Å². The number of hydrogen-bond donors (Lipinski definition) is 3. The van der Waals surface area contributed by atoms with Gasteiger partial charge in [0.1, 0.15) is 5.54 Å². The van der Waals surface area contributed by atoms with E-state index >= 15 is 0 Å². The number of rotatable bonds is 5. The van der Waals surface area contributed by atoms with Gasteiger partial charge in [0.05, 0.1) is 11.7 Å². The van der Waals surface area contributed by atoms with Gasteiger partial charge in [0, 0.05) is 31.0 Å². The van der Waals surface area contributed by atoms with Gasteiger partial charge in [-0.25, -0.2) is 0 Å². The SMILES string of the molecule is CN(C)CC(C)(O)CNC(=O)C1(N)C2CCOC2C1(C)C. The van der Waals surface area contributed by atoms with E-state index in [-0.39, 0.29) is 29.9 Å². The smallest absolute Gasteiger partial charge is 0.241 e. The number of carbonyl (C=O) groups excluding carboxylic acids is 1. The minimum Gasteiger partial charge on any atom is -0.387 e. The van der Waals surface area contributed by atoms with Crippen LogP contribution in [-0.4, -0.2) is 66.9 Å². The normalized spacial score (nSPS) is 36.8. The van der Waals surface area contributed by atoms with Crippen LogP contribution in [0.15, 0.2) is 0 Å². The van der Waals surface area contributed by atoms with Gasteiger partial charge >= 0.3 is 0 Å². The molecule has 0 spiro atoms. The summed E-state index contributed by atoms with van der Waals surface area (Å²) in [7, 11) is 3.77. The lowest BCUT2D eigenvalue weighted by molar-refractivity contribution is -0.176. The van der Waals surface area contributed by atoms with Gasteiger partial charge in [0.25, 0.3) is 0 Å². The summed E-state index contributed by atoms with van der Waals surface area (Å²) in [5.74, 6) is -0.107. The number of hydrogen-bond acceptors (Lipinski definition) is 5. The summed E-state index contributed by atoms with van der Waals surface area (Å²) >= 11 is 0. The first-order valence-electron chi connectivity index (χ1n) is 7.58. The molecule has 1 saturated carbocycles. The van der Waals surface area contributed by atoms with Gasteiger partial charge in [-0.2, -0.15) is 0 Å². The summed E-state index contributed by atoms with van der Waals surface area (Å²) in [6.45, 7) is 7.02. The van der Waals surface area contributed by atoms with E-state index < -0.39 is 11.1 Å². The van der Waals surface area contributed by atoms with Crippen LogP contribution in [0.4, 0.5) is 0 Å². The monoisotopic (exact) mass is 299 g/mol. The summed E-state index contributed by atoms with van der Waals surface area (Å²) in [4.78, 5) is 14.5. The van der Waals surface area contributed by atoms with Crippen molar-refractivity contribution in [2.45, 2.75) is 44.4 Å². The summed E-state index contributed by atoms with van der Waals surface area (Å²) in [6, 6.07) is 0. The molecule has 1 saturated heterocycles. The molecule has 0 aromatic heterocycles. The number of aliphatic hydroxyl groups is 1. The molecule has 4 atom stereocenters. The number of amides is 1. The molecular weight excluding hydrogens is 270 g/mol. The van der Waals surface area contributed by atoms with Crippen LogP contribution in [0.2, 0.25) is 0 Å². The summed E-state index contributed by atoms with van der Waals surface area (Å²) in [6.07, 6.45) is 0.891. The zero-order valence-corrected chi connectivity index (χ0v) is 13.8. The molecule has 6 nitrogen and oxygen atoms in total. The molecule has 0 aromatic carbocycles. The quantitative estimate of drug-likeness (QED) is 0.640. The lowest BCUT2D eigenvalue weighted by Gasteiger charge is -2.60. The minimum atomic E-state index is -0.977. The fourth-order valence-electron chi connectivity index (χ4n) is 4.00. The van der Waals surface area contributed by atoms with Gasteiger partial charge in [0.2, 0.25) is 5.91 Å². The molecule has 4 N–H and O–H groups in total. The number of ether oxygens (including phenoxy) is 1. The third-order valence-electron chi connectivity index (χ3n) is 5.12. The topological polar surface area (TPSA) is 87.8 Å². The Morgan fingerprint density at radius 1 is 1.52 bits per heavy atom. The Morgan fingerprint density at radius 3 is 2.71 bits per heavy atom. The molecule has 0 radical (unpaired) electrons. The first-order valence-corrected chi connectivity index (χ1v) is 7.58. The van der Waals surface area contributed by atoms with Crippen molar-refractivity contribution in [1.82, 2.24) is 10.2 Å². The van der Waals surface area contributed by atoms with Gasteiger partial charge < -0.3 is 25.8 Å². The maximum atomic E-state index is 12.6. The zero-order chi connectivity index (χ0) is 16.1. The van der Waals surface area contributed by atoms with E-state index in [1.165, 1.54) is 0 Å². The van der Waals surface area contributed by atoms with Crippen LogP contribution in [0.5, 0.6) is 0 Å². The van der Waals surface area contributed by atoms with Crippen molar-refractivity contribution in [2.24, 2.45) is 17.1 Å². The molecule has 4 unspecified atom stereocenters. The fraction of sp³-hybridized carbons (Fsp3) is 0.933. The van der Waals surface area contributed by atoms with Crippen LogP contribution in [-0.2, 0) is 9.53 Å². The van der Waals surface area contributed by atoms with Crippen LogP contribution >= 0.6 is 0 Å². The molecule has 21 heavy (non-hydrogen) atoms. The highest BCUT2D eigenvalue weighted by Crippen LogP contribution is 2.58. The van der Waals surface area contributed by atoms with Crippen LogP contribution in [0.25, 0.3) is 0 Å². The van der Waals surface area contributed by atoms with Crippen molar-refractivity contribution >= 4 is 5.91 Å². The Kier molecular flexibility index (Phi) is 4.12. The number of carbonyl (C=O) groups is 1. The molecule has 1 aliphatic carbocycles. The molecule has 2 aliphatic rings. The van der Waals surface area contributed by atoms with Crippen LogP contribution in [0, 0.1) is 11.3 Å². The minimum absolute atomic E-state index is 0.0653. The fourth-order valence-corrected chi connectivity index (χ4v) is 4.00. The van der Waals surface area contributed by atoms with Gasteiger partial charge in [-0.1, -0.05) is 13.8 Å². The van der Waals surface area contributed by atoms with E-state index in [4.69, 9.17) is 10.5 Å². The van der Waals surface area contributed by atoms with Crippen LogP contribution in [0.1, 0.15) is 27.2 Å². The van der Waals surface area contributed by atoms with Gasteiger partial charge in [-0.3, -0.25) is 4.79 Å². The third-order valence-corrected chi connectivity index (χ3v) is 5.12. The van der Waals surface area contributed by atoms with E-state index in [1.807, 2.05) is 32.8 Å². The summed E-state index contributed by atoms with van der Waals surface area (Å²) in [5.41, 5.74) is 4.18. The Morgan fingerprint density at radius 2 is 2.14 bits per heavy atom. The predicted molar refractivity (Wildman–Crippen MR) is 80.7 cm³/mol. The predicted octanol–water partition coefficient (Wildman–Crippen LogP) is -0.442. The Labute approximate surface area is 127 Å². The maximum absolute atomic E-state index is 12.6. The largest absolute Gasteiger partial charge is 0.387 e. The lowest BCUT2D eigenvalue weighted by Crippen LogP contribution is -2.80. The van der Waals surface area contributed by atoms with Gasteiger partial charge in [-0.15, -0.1) is 0 Å². The van der Waals surface area contributed by atoms with Crippen molar-refractivity contribution < 1.29 is 14.6 Å². The number of nitrogens with two attached hydrogens (primary N) is 1. The third kappa shape index (κ3) is 2.59. The average molecular weight is 299 g/mol. The first kappa shape index (κ1) is 16.7. The highest BCUT2D eigenvalue weighted by Gasteiger charge is 2.71. The molecule has 1 aliphatic heterocycles. The molecular formula is C15H29N3O3. The molecule has 122 valence electrons. The van der Waals surface area contributed by atoms with Crippen LogP contribution < -0.4 is 11.1 Å². The van der Waals surface area contributed by atoms with E-state index in [0.717, 1.165) is 6.42 Å². The number of nitrogens with zero attached hydrogens (tertiary/aromatic N) is 1. The van der Waals surface area contributed by atoms with Crippen molar-refractivity contribution in [3.63, 3.8) is 0 Å². The second-order valence-corrected chi connectivity index (χ2v) is 7.69. The lowest BCUT2D eigenvalue weighted by atomic mass is 9.48. The summed E-state index contributed by atoms with van der Waals surface area (Å²) in [5, 5.41) is 13.1. The van der Waals surface area contributed by atoms with E-state index in [1.54, 1.807) is 6.92 Å². The molecule has 1 heterocycles. The Bertz CT molecular complexity index is 422. The van der Waals surface area contributed by atoms with E-state index in [9.17, 15) is 9.90 Å². The van der Waals surface area contributed by atoms with Crippen LogP contribution in [0.3, 0.4) is 0 Å². The molecule has 0 aromatic rings. The molecule has 6 heteroatoms. The first-order chi connectivity index (χ1) is 9.52. The second-order valence-electron chi connectivity index (χ2n) is 7.69. The standard InChI is InChI=1S/C15H29N3O3/c1-13(2)11-10(6-7-21-11)15(13,16)12(19)17-8-14(3,20)9-18(4)5/h10-11,20H,6-9,16H2,1-5H3,(H,17,19). The zero-order valence-electron chi connectivity index (χ0n) is 13.8. The maximum Gasteiger partial charge on any atom is 0.241 e. The van der Waals surface area contributed by atoms with Crippen molar-refractivity contribution in [1.29, 1.82) is 0 Å². The van der Waals surface area contributed by atoms with Crippen molar-refractivity contribution in [3.8, 4) is 0 Å². The molecule has 2 fully saturated rings. The molecule has 1 amide bonds. The summed E-state index contributed by atoms with van der Waals surface area (Å²) < 4.78 is 5.69. The van der Waals surface area contributed by atoms with Crippen molar-refractivity contribution in [3.05, 3.63) is 0 Å². The number of fused-ring (bicyclic) bond motifs is 1. The number of likely N-dealkylation sites (N-methyl/N-ethyl adjacent to an activating group) is 1. The van der Waals surface area contributed by atoms with E-state index in [0.29, 0.717) is 13.2 Å². The highest BCUT2D eigenvalue weighted by molar-refractivity contribution is 5.89. The van der Waals surface area contributed by atoms with Gasteiger partial charge in [-0.05, 0) is 27.4 Å².